The highest BCUT2D eigenvalue weighted by Gasteiger charge is 2.13. The van der Waals surface area contributed by atoms with Crippen LogP contribution in [-0.4, -0.2) is 25.8 Å². The fourth-order valence-corrected chi connectivity index (χ4v) is 3.43. The standard InChI is InChI=1S/C13H19NO3S/c1-10(2)9-18(16,17)8-7-11-3-5-12(6-4-11)13(14)15/h3-6,10H,7-9H2,1-2H3,(H2,14,15). The number of hydrogen-bond acceptors (Lipinski definition) is 3. The lowest BCUT2D eigenvalue weighted by Crippen LogP contribution is -2.17. The molecular formula is C13H19NO3S. The predicted octanol–water partition coefficient (Wildman–Crippen LogP) is 1.40. The number of sulfone groups is 1. The van der Waals surface area contributed by atoms with Gasteiger partial charge in [0.25, 0.3) is 0 Å². The van der Waals surface area contributed by atoms with Gasteiger partial charge in [-0.1, -0.05) is 26.0 Å². The second kappa shape index (κ2) is 6.00. The van der Waals surface area contributed by atoms with E-state index in [0.717, 1.165) is 5.56 Å². The Morgan fingerprint density at radius 2 is 1.78 bits per heavy atom. The molecule has 2 N–H and O–H groups in total. The normalized spacial score (nSPS) is 11.7. The molecule has 0 spiro atoms. The van der Waals surface area contributed by atoms with Crippen molar-refractivity contribution in [1.29, 1.82) is 0 Å². The molecule has 0 heterocycles. The lowest BCUT2D eigenvalue weighted by molar-refractivity contribution is 0.100. The molecule has 0 atom stereocenters. The molecule has 1 amide bonds. The van der Waals surface area contributed by atoms with Crippen molar-refractivity contribution in [2.24, 2.45) is 11.7 Å². The van der Waals surface area contributed by atoms with E-state index < -0.39 is 15.7 Å². The van der Waals surface area contributed by atoms with Gasteiger partial charge in [-0.15, -0.1) is 0 Å². The van der Waals surface area contributed by atoms with Crippen LogP contribution in [0.4, 0.5) is 0 Å². The van der Waals surface area contributed by atoms with Crippen LogP contribution in [0, 0.1) is 5.92 Å². The van der Waals surface area contributed by atoms with Gasteiger partial charge in [0.2, 0.25) is 5.91 Å². The zero-order valence-electron chi connectivity index (χ0n) is 10.7. The van der Waals surface area contributed by atoms with Gasteiger partial charge in [-0.05, 0) is 30.0 Å². The monoisotopic (exact) mass is 269 g/mol. The van der Waals surface area contributed by atoms with Crippen molar-refractivity contribution >= 4 is 15.7 Å². The van der Waals surface area contributed by atoms with Crippen LogP contribution < -0.4 is 5.73 Å². The van der Waals surface area contributed by atoms with E-state index in [1.165, 1.54) is 0 Å². The molecule has 0 aliphatic heterocycles. The third-order valence-electron chi connectivity index (χ3n) is 2.53. The van der Waals surface area contributed by atoms with Crippen LogP contribution in [0.2, 0.25) is 0 Å². The predicted molar refractivity (Wildman–Crippen MR) is 72.2 cm³/mol. The van der Waals surface area contributed by atoms with E-state index in [1.807, 2.05) is 13.8 Å². The minimum absolute atomic E-state index is 0.140. The van der Waals surface area contributed by atoms with Gasteiger partial charge in [-0.3, -0.25) is 4.79 Å². The maximum absolute atomic E-state index is 11.7. The zero-order chi connectivity index (χ0) is 13.8. The topological polar surface area (TPSA) is 77.2 Å². The highest BCUT2D eigenvalue weighted by Crippen LogP contribution is 2.08. The fourth-order valence-electron chi connectivity index (χ4n) is 1.70. The molecule has 5 heteroatoms. The SMILES string of the molecule is CC(C)CS(=O)(=O)CCc1ccc(C(N)=O)cc1. The van der Waals surface area contributed by atoms with Crippen LogP contribution in [0.3, 0.4) is 0 Å². The molecule has 0 saturated heterocycles. The summed E-state index contributed by atoms with van der Waals surface area (Å²) in [5.74, 6) is 0.0224. The van der Waals surface area contributed by atoms with Crippen LogP contribution in [0.5, 0.6) is 0 Å². The molecule has 1 rings (SSSR count). The second-order valence-corrected chi connectivity index (χ2v) is 7.05. The number of carbonyl (C=O) groups excluding carboxylic acids is 1. The summed E-state index contributed by atoms with van der Waals surface area (Å²) < 4.78 is 23.4. The summed E-state index contributed by atoms with van der Waals surface area (Å²) in [5.41, 5.74) is 6.46. The van der Waals surface area contributed by atoms with Crippen LogP contribution in [0.15, 0.2) is 24.3 Å². The Bertz CT molecular complexity index is 504. The number of nitrogens with two attached hydrogens (primary N) is 1. The number of aryl methyl sites for hydroxylation is 1. The van der Waals surface area contributed by atoms with E-state index in [1.54, 1.807) is 24.3 Å². The van der Waals surface area contributed by atoms with Gasteiger partial charge in [0, 0.05) is 5.56 Å². The Morgan fingerprint density at radius 3 is 2.22 bits per heavy atom. The first-order valence-corrected chi connectivity index (χ1v) is 7.71. The lowest BCUT2D eigenvalue weighted by Gasteiger charge is -2.07. The molecule has 0 bridgehead atoms. The summed E-state index contributed by atoms with van der Waals surface area (Å²) in [4.78, 5) is 10.9. The minimum atomic E-state index is -3.00. The number of carbonyl (C=O) groups is 1. The first-order valence-electron chi connectivity index (χ1n) is 5.89. The van der Waals surface area contributed by atoms with Crippen molar-refractivity contribution in [1.82, 2.24) is 0 Å². The molecule has 0 saturated carbocycles. The summed E-state index contributed by atoms with van der Waals surface area (Å²) in [5, 5.41) is 0. The Kier molecular flexibility index (Phi) is 4.90. The third-order valence-corrected chi connectivity index (χ3v) is 4.53. The van der Waals surface area contributed by atoms with Crippen molar-refractivity contribution < 1.29 is 13.2 Å². The molecule has 1 aromatic rings. The molecule has 18 heavy (non-hydrogen) atoms. The van der Waals surface area contributed by atoms with Crippen molar-refractivity contribution in [2.75, 3.05) is 11.5 Å². The largest absolute Gasteiger partial charge is 0.366 e. The van der Waals surface area contributed by atoms with E-state index in [4.69, 9.17) is 5.73 Å². The van der Waals surface area contributed by atoms with E-state index in [2.05, 4.69) is 0 Å². The average molecular weight is 269 g/mol. The minimum Gasteiger partial charge on any atom is -0.366 e. The summed E-state index contributed by atoms with van der Waals surface area (Å²) >= 11 is 0. The first kappa shape index (κ1) is 14.7. The number of hydrogen-bond donors (Lipinski definition) is 1. The van der Waals surface area contributed by atoms with Crippen molar-refractivity contribution in [3.63, 3.8) is 0 Å². The van der Waals surface area contributed by atoms with Gasteiger partial charge >= 0.3 is 0 Å². The zero-order valence-corrected chi connectivity index (χ0v) is 11.5. The Hall–Kier alpha value is -1.36. The molecular weight excluding hydrogens is 250 g/mol. The van der Waals surface area contributed by atoms with E-state index in [0.29, 0.717) is 12.0 Å². The quantitative estimate of drug-likeness (QED) is 0.848. The fraction of sp³-hybridized carbons (Fsp3) is 0.462. The number of benzene rings is 1. The first-order chi connectivity index (χ1) is 8.30. The summed E-state index contributed by atoms with van der Waals surface area (Å²) in [6.07, 6.45) is 0.466. The highest BCUT2D eigenvalue weighted by atomic mass is 32.2. The Balaban J connectivity index is 2.61. The summed E-state index contributed by atoms with van der Waals surface area (Å²) in [6, 6.07) is 6.72. The maximum atomic E-state index is 11.7. The number of primary amides is 1. The lowest BCUT2D eigenvalue weighted by atomic mass is 10.1. The van der Waals surface area contributed by atoms with Crippen LogP contribution in [0.1, 0.15) is 29.8 Å². The van der Waals surface area contributed by atoms with Gasteiger partial charge in [-0.25, -0.2) is 8.42 Å². The third kappa shape index (κ3) is 4.87. The molecule has 0 fully saturated rings. The molecule has 0 aliphatic rings. The van der Waals surface area contributed by atoms with Gasteiger partial charge < -0.3 is 5.73 Å². The van der Waals surface area contributed by atoms with Gasteiger partial charge in [0.15, 0.2) is 9.84 Å². The molecule has 0 aromatic heterocycles. The van der Waals surface area contributed by atoms with E-state index in [-0.39, 0.29) is 17.4 Å². The van der Waals surface area contributed by atoms with Crippen molar-refractivity contribution in [2.45, 2.75) is 20.3 Å². The maximum Gasteiger partial charge on any atom is 0.248 e. The number of amides is 1. The summed E-state index contributed by atoms with van der Waals surface area (Å²) in [6.45, 7) is 3.78. The molecule has 100 valence electrons. The second-order valence-electron chi connectivity index (χ2n) is 4.82. The van der Waals surface area contributed by atoms with Crippen LogP contribution in [0.25, 0.3) is 0 Å². The average Bonchev–Trinajstić information content (AvgIpc) is 2.25. The molecule has 0 radical (unpaired) electrons. The van der Waals surface area contributed by atoms with Gasteiger partial charge in [0.1, 0.15) is 0 Å². The molecule has 0 unspecified atom stereocenters. The van der Waals surface area contributed by atoms with Crippen molar-refractivity contribution in [3.8, 4) is 0 Å². The van der Waals surface area contributed by atoms with Crippen LogP contribution in [-0.2, 0) is 16.3 Å². The van der Waals surface area contributed by atoms with E-state index in [9.17, 15) is 13.2 Å². The molecule has 1 aromatic carbocycles. The highest BCUT2D eigenvalue weighted by molar-refractivity contribution is 7.91. The molecule has 0 aliphatic carbocycles. The smallest absolute Gasteiger partial charge is 0.248 e. The van der Waals surface area contributed by atoms with Gasteiger partial charge in [0.05, 0.1) is 11.5 Å². The Labute approximate surface area is 108 Å². The Morgan fingerprint density at radius 1 is 1.22 bits per heavy atom. The van der Waals surface area contributed by atoms with Crippen LogP contribution >= 0.6 is 0 Å². The molecule has 4 nitrogen and oxygen atoms in total. The van der Waals surface area contributed by atoms with Gasteiger partial charge in [-0.2, -0.15) is 0 Å². The number of rotatable bonds is 6. The van der Waals surface area contributed by atoms with E-state index >= 15 is 0 Å². The summed E-state index contributed by atoms with van der Waals surface area (Å²) in [7, 11) is -3.00. The van der Waals surface area contributed by atoms with Crippen molar-refractivity contribution in [3.05, 3.63) is 35.4 Å².